The lowest BCUT2D eigenvalue weighted by molar-refractivity contribution is -0.118. The normalized spacial score (nSPS) is 10.8. The van der Waals surface area contributed by atoms with Crippen molar-refractivity contribution >= 4 is 46.9 Å². The molecule has 4 aromatic rings. The van der Waals surface area contributed by atoms with Crippen LogP contribution >= 0.6 is 23.2 Å². The SMILES string of the molecule is CCOc1cc(C(=O)N/N=C/c2cc(Cl)c(OCC(=O)Nc3ccc(C)c(C)c3)c(Cl)c2)ccc1OCc1ccccc1. The highest BCUT2D eigenvalue weighted by atomic mass is 35.5. The van der Waals surface area contributed by atoms with Crippen molar-refractivity contribution in [3.8, 4) is 17.2 Å². The van der Waals surface area contributed by atoms with E-state index >= 15 is 0 Å². The van der Waals surface area contributed by atoms with Crippen molar-refractivity contribution in [2.24, 2.45) is 5.10 Å². The lowest BCUT2D eigenvalue weighted by Gasteiger charge is -2.13. The van der Waals surface area contributed by atoms with E-state index in [0.29, 0.717) is 41.5 Å². The minimum Gasteiger partial charge on any atom is -0.490 e. The monoisotopic (exact) mass is 619 g/mol. The molecule has 0 aliphatic rings. The Balaban J connectivity index is 1.34. The molecule has 0 aliphatic carbocycles. The maximum atomic E-state index is 12.8. The highest BCUT2D eigenvalue weighted by Gasteiger charge is 2.14. The number of anilines is 1. The maximum absolute atomic E-state index is 12.8. The molecule has 0 fully saturated rings. The molecule has 0 bridgehead atoms. The summed E-state index contributed by atoms with van der Waals surface area (Å²) in [6, 6.07) is 23.4. The highest BCUT2D eigenvalue weighted by Crippen LogP contribution is 2.34. The third-order valence-electron chi connectivity index (χ3n) is 6.28. The van der Waals surface area contributed by atoms with Gasteiger partial charge in [-0.3, -0.25) is 9.59 Å². The van der Waals surface area contributed by atoms with Crippen LogP contribution in [0.1, 0.15) is 39.5 Å². The fourth-order valence-electron chi connectivity index (χ4n) is 3.95. The summed E-state index contributed by atoms with van der Waals surface area (Å²) in [6.45, 7) is 6.31. The molecule has 0 radical (unpaired) electrons. The zero-order valence-corrected chi connectivity index (χ0v) is 25.5. The molecule has 222 valence electrons. The number of hydrazone groups is 1. The first-order valence-corrected chi connectivity index (χ1v) is 14.2. The predicted octanol–water partition coefficient (Wildman–Crippen LogP) is 7.37. The number of halogens is 2. The third-order valence-corrected chi connectivity index (χ3v) is 6.84. The van der Waals surface area contributed by atoms with Gasteiger partial charge in [0.05, 0.1) is 22.9 Å². The smallest absolute Gasteiger partial charge is 0.271 e. The molecule has 4 aromatic carbocycles. The summed E-state index contributed by atoms with van der Waals surface area (Å²) in [7, 11) is 0. The number of amides is 2. The highest BCUT2D eigenvalue weighted by molar-refractivity contribution is 6.37. The fraction of sp³-hybridized carbons (Fsp3) is 0.182. The van der Waals surface area contributed by atoms with Crippen LogP contribution in [0.2, 0.25) is 10.0 Å². The minimum absolute atomic E-state index is 0.165. The second-order valence-electron chi connectivity index (χ2n) is 9.52. The number of nitrogens with zero attached hydrogens (tertiary/aromatic N) is 1. The van der Waals surface area contributed by atoms with Crippen LogP contribution in [-0.4, -0.2) is 31.2 Å². The number of aryl methyl sites for hydroxylation is 2. The van der Waals surface area contributed by atoms with E-state index in [2.05, 4.69) is 15.8 Å². The number of carbonyl (C=O) groups excluding carboxylic acids is 2. The van der Waals surface area contributed by atoms with Gasteiger partial charge >= 0.3 is 0 Å². The molecule has 0 aromatic heterocycles. The molecule has 2 amide bonds. The van der Waals surface area contributed by atoms with Gasteiger partial charge in [-0.25, -0.2) is 5.43 Å². The van der Waals surface area contributed by atoms with Gasteiger partial charge in [0, 0.05) is 11.3 Å². The van der Waals surface area contributed by atoms with Gasteiger partial charge in [-0.05, 0) is 85.5 Å². The third kappa shape index (κ3) is 8.98. The van der Waals surface area contributed by atoms with Gasteiger partial charge in [0.25, 0.3) is 11.8 Å². The molecule has 0 heterocycles. The van der Waals surface area contributed by atoms with Gasteiger partial charge in [0.2, 0.25) is 0 Å². The van der Waals surface area contributed by atoms with E-state index in [0.717, 1.165) is 16.7 Å². The predicted molar refractivity (Wildman–Crippen MR) is 170 cm³/mol. The van der Waals surface area contributed by atoms with Crippen LogP contribution in [0.15, 0.2) is 84.0 Å². The molecule has 0 unspecified atom stereocenters. The standard InChI is InChI=1S/C33H31Cl2N3O5/c1-4-41-30-17-25(11-13-29(30)42-19-23-8-6-5-7-9-23)33(40)38-36-18-24-15-27(34)32(28(35)16-24)43-20-31(39)37-26-12-10-21(2)22(3)14-26/h5-18H,4,19-20H2,1-3H3,(H,37,39)(H,38,40)/b36-18+. The van der Waals surface area contributed by atoms with Crippen molar-refractivity contribution in [2.75, 3.05) is 18.5 Å². The van der Waals surface area contributed by atoms with Gasteiger partial charge in [0.15, 0.2) is 23.9 Å². The Kier molecular flexibility index (Phi) is 11.0. The Bertz CT molecular complexity index is 1600. The molecule has 0 spiro atoms. The van der Waals surface area contributed by atoms with E-state index in [1.165, 1.54) is 6.21 Å². The van der Waals surface area contributed by atoms with Crippen molar-refractivity contribution in [1.29, 1.82) is 0 Å². The molecular formula is C33H31Cl2N3O5. The van der Waals surface area contributed by atoms with E-state index in [1.54, 1.807) is 30.3 Å². The van der Waals surface area contributed by atoms with Gasteiger partial charge < -0.3 is 19.5 Å². The molecule has 0 saturated heterocycles. The van der Waals surface area contributed by atoms with Gasteiger partial charge in [-0.2, -0.15) is 5.10 Å². The zero-order chi connectivity index (χ0) is 30.8. The topological polar surface area (TPSA) is 98.3 Å². The van der Waals surface area contributed by atoms with Crippen molar-refractivity contribution in [1.82, 2.24) is 5.43 Å². The van der Waals surface area contributed by atoms with Crippen molar-refractivity contribution in [3.05, 3.63) is 117 Å². The number of rotatable bonds is 12. The Hall–Kier alpha value is -4.53. The summed E-state index contributed by atoms with van der Waals surface area (Å²) in [5, 5.41) is 7.18. The Morgan fingerprint density at radius 3 is 2.28 bits per heavy atom. The Morgan fingerprint density at radius 2 is 1.58 bits per heavy atom. The van der Waals surface area contributed by atoms with Crippen molar-refractivity contribution in [2.45, 2.75) is 27.4 Å². The first-order chi connectivity index (χ1) is 20.7. The quantitative estimate of drug-likeness (QED) is 0.127. The van der Waals surface area contributed by atoms with Crippen LogP contribution in [-0.2, 0) is 11.4 Å². The summed E-state index contributed by atoms with van der Waals surface area (Å²) in [6.07, 6.45) is 1.40. The second-order valence-corrected chi connectivity index (χ2v) is 10.3. The van der Waals surface area contributed by atoms with Crippen molar-refractivity contribution < 1.29 is 23.8 Å². The van der Waals surface area contributed by atoms with E-state index < -0.39 is 5.91 Å². The molecular weight excluding hydrogens is 589 g/mol. The Labute approximate surface area is 260 Å². The number of ether oxygens (including phenoxy) is 3. The van der Waals surface area contributed by atoms with Crippen LogP contribution in [0.4, 0.5) is 5.69 Å². The Morgan fingerprint density at radius 1 is 0.837 bits per heavy atom. The van der Waals surface area contributed by atoms with E-state index in [9.17, 15) is 9.59 Å². The first-order valence-electron chi connectivity index (χ1n) is 13.5. The van der Waals surface area contributed by atoms with E-state index in [1.807, 2.05) is 69.3 Å². The number of nitrogens with one attached hydrogen (secondary N) is 2. The van der Waals surface area contributed by atoms with Crippen LogP contribution in [0.25, 0.3) is 0 Å². The number of hydrogen-bond acceptors (Lipinski definition) is 6. The number of hydrogen-bond donors (Lipinski definition) is 2. The number of benzene rings is 4. The van der Waals surface area contributed by atoms with Gasteiger partial charge in [0.1, 0.15) is 6.61 Å². The van der Waals surface area contributed by atoms with Crippen LogP contribution < -0.4 is 25.0 Å². The first kappa shape index (κ1) is 31.4. The lowest BCUT2D eigenvalue weighted by atomic mass is 10.1. The van der Waals surface area contributed by atoms with E-state index in [-0.39, 0.29) is 28.3 Å². The zero-order valence-electron chi connectivity index (χ0n) is 23.9. The summed E-state index contributed by atoms with van der Waals surface area (Å²) in [5.41, 5.74) is 7.22. The summed E-state index contributed by atoms with van der Waals surface area (Å²) in [5.74, 6) is 0.343. The molecule has 8 nitrogen and oxygen atoms in total. The minimum atomic E-state index is -0.446. The van der Waals surface area contributed by atoms with Crippen LogP contribution in [0, 0.1) is 13.8 Å². The van der Waals surface area contributed by atoms with Gasteiger partial charge in [-0.15, -0.1) is 0 Å². The average molecular weight is 621 g/mol. The van der Waals surface area contributed by atoms with Crippen LogP contribution in [0.5, 0.6) is 17.2 Å². The summed E-state index contributed by atoms with van der Waals surface area (Å²) in [4.78, 5) is 25.1. The molecule has 0 saturated carbocycles. The number of carbonyl (C=O) groups is 2. The van der Waals surface area contributed by atoms with E-state index in [4.69, 9.17) is 37.4 Å². The molecule has 43 heavy (non-hydrogen) atoms. The maximum Gasteiger partial charge on any atom is 0.271 e. The van der Waals surface area contributed by atoms with Crippen LogP contribution in [0.3, 0.4) is 0 Å². The summed E-state index contributed by atoms with van der Waals surface area (Å²) >= 11 is 12.7. The van der Waals surface area contributed by atoms with Crippen molar-refractivity contribution in [3.63, 3.8) is 0 Å². The molecule has 0 atom stereocenters. The second kappa shape index (κ2) is 15.1. The fourth-order valence-corrected chi connectivity index (χ4v) is 4.56. The largest absolute Gasteiger partial charge is 0.490 e. The van der Waals surface area contributed by atoms with Gasteiger partial charge in [-0.1, -0.05) is 59.6 Å². The lowest BCUT2D eigenvalue weighted by Crippen LogP contribution is -2.20. The summed E-state index contributed by atoms with van der Waals surface area (Å²) < 4.78 is 17.2. The molecule has 4 rings (SSSR count). The average Bonchev–Trinajstić information content (AvgIpc) is 2.98. The molecule has 10 heteroatoms. The molecule has 0 aliphatic heterocycles. The molecule has 2 N–H and O–H groups in total.